The van der Waals surface area contributed by atoms with Gasteiger partial charge in [-0.1, -0.05) is 57.2 Å². The molecule has 1 atom stereocenters. The molecule has 0 fully saturated rings. The van der Waals surface area contributed by atoms with Crippen LogP contribution in [0.3, 0.4) is 0 Å². The van der Waals surface area contributed by atoms with E-state index in [0.29, 0.717) is 0 Å². The molecule has 1 heterocycles. The molecule has 108 valence electrons. The van der Waals surface area contributed by atoms with Crippen molar-refractivity contribution in [3.05, 3.63) is 42.2 Å². The smallest absolute Gasteiger partial charge is 0.0998 e. The Morgan fingerprint density at radius 2 is 1.85 bits per heavy atom. The Balaban J connectivity index is 1.85. The van der Waals surface area contributed by atoms with Gasteiger partial charge in [0.15, 0.2) is 0 Å². The van der Waals surface area contributed by atoms with Crippen LogP contribution in [0.4, 0.5) is 0 Å². The molecule has 0 spiro atoms. The van der Waals surface area contributed by atoms with Crippen LogP contribution in [0.25, 0.3) is 5.69 Å². The topological polar surface area (TPSA) is 56.7 Å². The van der Waals surface area contributed by atoms with Gasteiger partial charge in [-0.3, -0.25) is 0 Å². The van der Waals surface area contributed by atoms with E-state index in [9.17, 15) is 0 Å². The van der Waals surface area contributed by atoms with Crippen molar-refractivity contribution in [1.29, 1.82) is 0 Å². The summed E-state index contributed by atoms with van der Waals surface area (Å²) in [6.45, 7) is 2.23. The molecule has 1 aromatic carbocycles. The van der Waals surface area contributed by atoms with E-state index in [1.54, 1.807) is 11.0 Å². The number of hydrogen-bond acceptors (Lipinski definition) is 3. The van der Waals surface area contributed by atoms with Crippen molar-refractivity contribution in [2.45, 2.75) is 51.5 Å². The molecular weight excluding hydrogens is 248 g/mol. The minimum Gasteiger partial charge on any atom is -0.323 e. The summed E-state index contributed by atoms with van der Waals surface area (Å²) in [4.78, 5) is 1.65. The number of aromatic nitrogens is 3. The van der Waals surface area contributed by atoms with Gasteiger partial charge in [0, 0.05) is 0 Å². The molecule has 4 heteroatoms. The Morgan fingerprint density at radius 3 is 2.60 bits per heavy atom. The number of unbranched alkanes of at least 4 members (excludes halogenated alkanes) is 4. The van der Waals surface area contributed by atoms with E-state index in [1.807, 2.05) is 30.3 Å². The van der Waals surface area contributed by atoms with Crippen molar-refractivity contribution in [3.8, 4) is 5.69 Å². The monoisotopic (exact) mass is 272 g/mol. The fraction of sp³-hybridized carbons (Fsp3) is 0.500. The highest BCUT2D eigenvalue weighted by molar-refractivity contribution is 5.28. The van der Waals surface area contributed by atoms with Crippen molar-refractivity contribution < 1.29 is 0 Å². The molecule has 0 aliphatic carbocycles. The number of nitrogens with two attached hydrogens (primary N) is 1. The minimum atomic E-state index is -0.00547. The normalized spacial score (nSPS) is 12.5. The molecule has 0 aliphatic rings. The molecule has 0 bridgehead atoms. The lowest BCUT2D eigenvalue weighted by atomic mass is 10.1. The summed E-state index contributed by atoms with van der Waals surface area (Å²) in [5.41, 5.74) is 8.03. The first-order valence-corrected chi connectivity index (χ1v) is 7.54. The fourth-order valence-electron chi connectivity index (χ4n) is 2.25. The predicted octanol–water partition coefficient (Wildman–Crippen LogP) is 3.63. The number of hydrogen-bond donors (Lipinski definition) is 1. The lowest BCUT2D eigenvalue weighted by molar-refractivity contribution is 0.544. The van der Waals surface area contributed by atoms with Gasteiger partial charge >= 0.3 is 0 Å². The van der Waals surface area contributed by atoms with Gasteiger partial charge in [0.25, 0.3) is 0 Å². The van der Waals surface area contributed by atoms with Gasteiger partial charge in [0.1, 0.15) is 0 Å². The predicted molar refractivity (Wildman–Crippen MR) is 81.7 cm³/mol. The summed E-state index contributed by atoms with van der Waals surface area (Å²) in [6, 6.07) is 9.91. The average Bonchev–Trinajstić information content (AvgIpc) is 2.98. The molecule has 0 radical (unpaired) electrons. The summed E-state index contributed by atoms with van der Waals surface area (Å²) in [5, 5.41) is 8.77. The summed E-state index contributed by atoms with van der Waals surface area (Å²) < 4.78 is 0. The zero-order valence-corrected chi connectivity index (χ0v) is 12.2. The molecule has 2 aromatic rings. The lowest BCUT2D eigenvalue weighted by Crippen LogP contribution is -2.11. The van der Waals surface area contributed by atoms with E-state index in [4.69, 9.17) is 5.73 Å². The highest BCUT2D eigenvalue weighted by Gasteiger charge is 2.10. The Labute approximate surface area is 121 Å². The third kappa shape index (κ3) is 4.17. The summed E-state index contributed by atoms with van der Waals surface area (Å²) in [5.74, 6) is 0. The first-order chi connectivity index (χ1) is 9.81. The second kappa shape index (κ2) is 7.80. The van der Waals surface area contributed by atoms with Crippen LogP contribution in [0.2, 0.25) is 0 Å². The number of nitrogens with zero attached hydrogens (tertiary/aromatic N) is 3. The summed E-state index contributed by atoms with van der Waals surface area (Å²) in [7, 11) is 0. The molecule has 4 nitrogen and oxygen atoms in total. The first kappa shape index (κ1) is 14.7. The van der Waals surface area contributed by atoms with Gasteiger partial charge < -0.3 is 5.73 Å². The Bertz CT molecular complexity index is 492. The van der Waals surface area contributed by atoms with Crippen LogP contribution >= 0.6 is 0 Å². The number of rotatable bonds is 8. The fourth-order valence-corrected chi connectivity index (χ4v) is 2.25. The van der Waals surface area contributed by atoms with E-state index in [2.05, 4.69) is 17.1 Å². The second-order valence-corrected chi connectivity index (χ2v) is 5.20. The van der Waals surface area contributed by atoms with E-state index in [-0.39, 0.29) is 6.04 Å². The van der Waals surface area contributed by atoms with Gasteiger partial charge in [-0.25, -0.2) is 0 Å². The van der Waals surface area contributed by atoms with Crippen LogP contribution in [0.1, 0.15) is 57.2 Å². The zero-order chi connectivity index (χ0) is 14.2. The van der Waals surface area contributed by atoms with Crippen molar-refractivity contribution >= 4 is 0 Å². The van der Waals surface area contributed by atoms with Crippen LogP contribution in [-0.2, 0) is 0 Å². The van der Waals surface area contributed by atoms with Gasteiger partial charge in [-0.15, -0.1) is 0 Å². The second-order valence-electron chi connectivity index (χ2n) is 5.20. The highest BCUT2D eigenvalue weighted by atomic mass is 15.5. The SMILES string of the molecule is CCCCCCCC(N)c1cnn(-c2ccccc2)n1. The van der Waals surface area contributed by atoms with Gasteiger partial charge in [0.2, 0.25) is 0 Å². The third-order valence-corrected chi connectivity index (χ3v) is 3.50. The molecule has 1 aromatic heterocycles. The highest BCUT2D eigenvalue weighted by Crippen LogP contribution is 2.16. The van der Waals surface area contributed by atoms with Crippen LogP contribution in [0, 0.1) is 0 Å². The van der Waals surface area contributed by atoms with E-state index >= 15 is 0 Å². The molecule has 2 rings (SSSR count). The van der Waals surface area contributed by atoms with Crippen molar-refractivity contribution in [1.82, 2.24) is 15.0 Å². The molecule has 0 saturated heterocycles. The Morgan fingerprint density at radius 1 is 1.10 bits per heavy atom. The number of para-hydroxylation sites is 1. The summed E-state index contributed by atoms with van der Waals surface area (Å²) >= 11 is 0. The molecule has 2 N–H and O–H groups in total. The van der Waals surface area contributed by atoms with Gasteiger partial charge in [0.05, 0.1) is 23.6 Å². The van der Waals surface area contributed by atoms with Crippen molar-refractivity contribution in [3.63, 3.8) is 0 Å². The van der Waals surface area contributed by atoms with Crippen molar-refractivity contribution in [2.75, 3.05) is 0 Å². The van der Waals surface area contributed by atoms with Crippen molar-refractivity contribution in [2.24, 2.45) is 5.73 Å². The van der Waals surface area contributed by atoms with Gasteiger partial charge in [-0.2, -0.15) is 15.0 Å². The average molecular weight is 272 g/mol. The zero-order valence-electron chi connectivity index (χ0n) is 12.2. The molecule has 0 amide bonds. The van der Waals surface area contributed by atoms with E-state index < -0.39 is 0 Å². The standard InChI is InChI=1S/C16H24N4/c1-2-3-4-5-9-12-15(17)16-13-18-20(19-16)14-10-7-6-8-11-14/h6-8,10-11,13,15H,2-5,9,12,17H2,1H3. The van der Waals surface area contributed by atoms with Crippen LogP contribution in [0.5, 0.6) is 0 Å². The molecule has 0 aliphatic heterocycles. The molecule has 0 saturated carbocycles. The lowest BCUT2D eigenvalue weighted by Gasteiger charge is -2.07. The van der Waals surface area contributed by atoms with E-state index in [0.717, 1.165) is 17.8 Å². The maximum atomic E-state index is 6.19. The Kier molecular flexibility index (Phi) is 5.74. The molecule has 1 unspecified atom stereocenters. The molecular formula is C16H24N4. The maximum Gasteiger partial charge on any atom is 0.0998 e. The minimum absolute atomic E-state index is 0.00547. The third-order valence-electron chi connectivity index (χ3n) is 3.50. The van der Waals surface area contributed by atoms with Crippen LogP contribution < -0.4 is 5.73 Å². The molecule has 20 heavy (non-hydrogen) atoms. The van der Waals surface area contributed by atoms with Crippen LogP contribution in [0.15, 0.2) is 36.5 Å². The quantitative estimate of drug-likeness (QED) is 0.747. The first-order valence-electron chi connectivity index (χ1n) is 7.54. The van der Waals surface area contributed by atoms with E-state index in [1.165, 1.54) is 32.1 Å². The number of benzene rings is 1. The Hall–Kier alpha value is -1.68. The maximum absolute atomic E-state index is 6.19. The van der Waals surface area contributed by atoms with Crippen LogP contribution in [-0.4, -0.2) is 15.0 Å². The summed E-state index contributed by atoms with van der Waals surface area (Å²) in [6.07, 6.45) is 9.09. The van der Waals surface area contributed by atoms with Gasteiger partial charge in [-0.05, 0) is 18.6 Å². The largest absolute Gasteiger partial charge is 0.323 e.